The molecule has 6 heteroatoms. The van der Waals surface area contributed by atoms with Crippen LogP contribution in [-0.4, -0.2) is 42.2 Å². The molecule has 2 aromatic rings. The monoisotopic (exact) mass is 410 g/mol. The standard InChI is InChI=1S/C24H30N2O4/c1-4-24(12-5-6-13-26(3)16-24)18-8-7-9-20(15-18)30-23(29)25-19-10-11-21(22(27)28)17(2)14-19/h7-11,14-15H,4-6,12-13,16H2,1-3H3,(H,25,29)(H,27,28). The lowest BCUT2D eigenvalue weighted by molar-refractivity contribution is 0.0696. The van der Waals surface area contributed by atoms with Crippen LogP contribution in [0.3, 0.4) is 0 Å². The molecule has 0 bridgehead atoms. The van der Waals surface area contributed by atoms with E-state index in [2.05, 4.69) is 30.3 Å². The molecule has 1 saturated heterocycles. The van der Waals surface area contributed by atoms with E-state index in [1.165, 1.54) is 24.5 Å². The van der Waals surface area contributed by atoms with E-state index < -0.39 is 12.1 Å². The summed E-state index contributed by atoms with van der Waals surface area (Å²) in [6, 6.07) is 12.5. The number of hydrogen-bond acceptors (Lipinski definition) is 4. The summed E-state index contributed by atoms with van der Waals surface area (Å²) in [5.74, 6) is -0.490. The lowest BCUT2D eigenvalue weighted by Crippen LogP contribution is -2.37. The number of nitrogens with one attached hydrogen (secondary N) is 1. The molecular weight excluding hydrogens is 380 g/mol. The van der Waals surface area contributed by atoms with Crippen LogP contribution in [0.4, 0.5) is 10.5 Å². The van der Waals surface area contributed by atoms with Crippen LogP contribution < -0.4 is 10.1 Å². The van der Waals surface area contributed by atoms with Gasteiger partial charge in [-0.2, -0.15) is 0 Å². The van der Waals surface area contributed by atoms with Crippen LogP contribution >= 0.6 is 0 Å². The number of hydrogen-bond donors (Lipinski definition) is 2. The summed E-state index contributed by atoms with van der Waals surface area (Å²) in [6.45, 7) is 6.02. The van der Waals surface area contributed by atoms with E-state index in [0.717, 1.165) is 25.9 Å². The molecule has 2 N–H and O–H groups in total. The number of benzene rings is 2. The molecule has 160 valence electrons. The van der Waals surface area contributed by atoms with Crippen LogP contribution in [0.1, 0.15) is 54.1 Å². The predicted molar refractivity (Wildman–Crippen MR) is 118 cm³/mol. The first-order chi connectivity index (χ1) is 14.3. The van der Waals surface area contributed by atoms with Crippen molar-refractivity contribution in [1.82, 2.24) is 4.90 Å². The summed E-state index contributed by atoms with van der Waals surface area (Å²) in [4.78, 5) is 25.9. The van der Waals surface area contributed by atoms with Gasteiger partial charge in [0.05, 0.1) is 5.56 Å². The highest BCUT2D eigenvalue weighted by molar-refractivity contribution is 5.91. The van der Waals surface area contributed by atoms with Crippen LogP contribution in [0.2, 0.25) is 0 Å². The minimum Gasteiger partial charge on any atom is -0.478 e. The minimum absolute atomic E-state index is 0.0604. The summed E-state index contributed by atoms with van der Waals surface area (Å²) in [6.07, 6.45) is 3.95. The zero-order chi connectivity index (χ0) is 21.7. The number of rotatable bonds is 5. The largest absolute Gasteiger partial charge is 0.478 e. The van der Waals surface area contributed by atoms with Crippen LogP contribution in [-0.2, 0) is 5.41 Å². The van der Waals surface area contributed by atoms with Crippen LogP contribution in [0, 0.1) is 6.92 Å². The highest BCUT2D eigenvalue weighted by Crippen LogP contribution is 2.37. The second kappa shape index (κ2) is 9.30. The molecule has 1 heterocycles. The molecule has 2 aromatic carbocycles. The molecule has 3 rings (SSSR count). The molecular formula is C24H30N2O4. The van der Waals surface area contributed by atoms with Gasteiger partial charge < -0.3 is 14.7 Å². The van der Waals surface area contributed by atoms with E-state index in [9.17, 15) is 9.59 Å². The van der Waals surface area contributed by atoms with Crippen molar-refractivity contribution >= 4 is 17.7 Å². The molecule has 1 fully saturated rings. The number of carbonyl (C=O) groups excluding carboxylic acids is 1. The van der Waals surface area contributed by atoms with Crippen molar-refractivity contribution < 1.29 is 19.4 Å². The topological polar surface area (TPSA) is 78.9 Å². The van der Waals surface area contributed by atoms with E-state index in [-0.39, 0.29) is 11.0 Å². The van der Waals surface area contributed by atoms with E-state index in [1.807, 2.05) is 12.1 Å². The quantitative estimate of drug-likeness (QED) is 0.720. The Balaban J connectivity index is 1.74. The normalized spacial score (nSPS) is 19.7. The smallest absolute Gasteiger partial charge is 0.417 e. The van der Waals surface area contributed by atoms with Crippen molar-refractivity contribution in [1.29, 1.82) is 0 Å². The van der Waals surface area contributed by atoms with Gasteiger partial charge in [-0.15, -0.1) is 0 Å². The zero-order valence-corrected chi connectivity index (χ0v) is 17.9. The Morgan fingerprint density at radius 2 is 2.00 bits per heavy atom. The van der Waals surface area contributed by atoms with Gasteiger partial charge in [-0.1, -0.05) is 25.5 Å². The average molecular weight is 411 g/mol. The molecule has 0 aliphatic carbocycles. The lowest BCUT2D eigenvalue weighted by Gasteiger charge is -2.35. The second-order valence-corrected chi connectivity index (χ2v) is 8.21. The summed E-state index contributed by atoms with van der Waals surface area (Å²) in [5.41, 5.74) is 2.54. The van der Waals surface area contributed by atoms with Gasteiger partial charge >= 0.3 is 12.1 Å². The summed E-state index contributed by atoms with van der Waals surface area (Å²) in [5, 5.41) is 11.8. The van der Waals surface area contributed by atoms with Gasteiger partial charge in [0.15, 0.2) is 0 Å². The van der Waals surface area contributed by atoms with Gasteiger partial charge in [-0.25, -0.2) is 9.59 Å². The van der Waals surface area contributed by atoms with Crippen LogP contribution in [0.25, 0.3) is 0 Å². The number of ether oxygens (including phenoxy) is 1. The van der Waals surface area contributed by atoms with E-state index >= 15 is 0 Å². The number of likely N-dealkylation sites (tertiary alicyclic amines) is 1. The first-order valence-electron chi connectivity index (χ1n) is 10.4. The maximum absolute atomic E-state index is 12.4. The molecule has 30 heavy (non-hydrogen) atoms. The molecule has 0 saturated carbocycles. The number of carboxylic acids is 1. The number of carboxylic acid groups (broad SMARTS) is 1. The molecule has 0 aromatic heterocycles. The van der Waals surface area contributed by atoms with Gasteiger partial charge in [0, 0.05) is 17.6 Å². The fourth-order valence-electron chi connectivity index (χ4n) is 4.37. The lowest BCUT2D eigenvalue weighted by atomic mass is 9.74. The Kier molecular flexibility index (Phi) is 6.77. The summed E-state index contributed by atoms with van der Waals surface area (Å²) in [7, 11) is 2.17. The van der Waals surface area contributed by atoms with Gasteiger partial charge in [-0.3, -0.25) is 5.32 Å². The molecule has 1 unspecified atom stereocenters. The van der Waals surface area contributed by atoms with Crippen molar-refractivity contribution in [2.75, 3.05) is 25.5 Å². The number of carbonyl (C=O) groups is 2. The average Bonchev–Trinajstić information content (AvgIpc) is 2.90. The van der Waals surface area contributed by atoms with E-state index in [4.69, 9.17) is 9.84 Å². The first kappa shape index (κ1) is 21.8. The number of nitrogens with zero attached hydrogens (tertiary/aromatic N) is 1. The van der Waals surface area contributed by atoms with Crippen molar-refractivity contribution in [2.45, 2.75) is 44.9 Å². The van der Waals surface area contributed by atoms with Gasteiger partial charge in [-0.05, 0) is 81.2 Å². The van der Waals surface area contributed by atoms with Gasteiger partial charge in [0.25, 0.3) is 0 Å². The zero-order valence-electron chi connectivity index (χ0n) is 17.9. The summed E-state index contributed by atoms with van der Waals surface area (Å²) < 4.78 is 5.53. The Labute approximate surface area is 177 Å². The Bertz CT molecular complexity index is 927. The number of aryl methyl sites for hydroxylation is 1. The van der Waals surface area contributed by atoms with Crippen molar-refractivity contribution in [2.24, 2.45) is 0 Å². The third-order valence-electron chi connectivity index (χ3n) is 6.05. The molecule has 1 aliphatic heterocycles. The molecule has 0 radical (unpaired) electrons. The van der Waals surface area contributed by atoms with E-state index in [1.54, 1.807) is 25.1 Å². The van der Waals surface area contributed by atoms with Crippen molar-refractivity contribution in [3.8, 4) is 5.75 Å². The summed E-state index contributed by atoms with van der Waals surface area (Å²) >= 11 is 0. The Morgan fingerprint density at radius 3 is 2.70 bits per heavy atom. The molecule has 0 spiro atoms. The number of aromatic carboxylic acids is 1. The molecule has 1 amide bonds. The van der Waals surface area contributed by atoms with Crippen molar-refractivity contribution in [3.63, 3.8) is 0 Å². The Morgan fingerprint density at radius 1 is 1.20 bits per heavy atom. The van der Waals surface area contributed by atoms with Crippen LogP contribution in [0.5, 0.6) is 5.75 Å². The van der Waals surface area contributed by atoms with Crippen LogP contribution in [0.15, 0.2) is 42.5 Å². The SMILES string of the molecule is CCC1(c2cccc(OC(=O)Nc3ccc(C(=O)O)c(C)c3)c2)CCCCN(C)C1. The minimum atomic E-state index is -0.993. The second-order valence-electron chi connectivity index (χ2n) is 8.21. The Hall–Kier alpha value is -2.86. The third kappa shape index (κ3) is 5.00. The van der Waals surface area contributed by atoms with Gasteiger partial charge in [0.1, 0.15) is 5.75 Å². The fourth-order valence-corrected chi connectivity index (χ4v) is 4.37. The number of amides is 1. The maximum atomic E-state index is 12.4. The third-order valence-corrected chi connectivity index (χ3v) is 6.05. The molecule has 1 aliphatic rings. The predicted octanol–water partition coefficient (Wildman–Crippen LogP) is 5.07. The van der Waals surface area contributed by atoms with Crippen molar-refractivity contribution in [3.05, 3.63) is 59.2 Å². The molecule has 1 atom stereocenters. The fraction of sp³-hybridized carbons (Fsp3) is 0.417. The van der Waals surface area contributed by atoms with E-state index in [0.29, 0.717) is 17.0 Å². The highest BCUT2D eigenvalue weighted by atomic mass is 16.6. The molecule has 6 nitrogen and oxygen atoms in total. The first-order valence-corrected chi connectivity index (χ1v) is 10.4. The van der Waals surface area contributed by atoms with Gasteiger partial charge in [0.2, 0.25) is 0 Å². The maximum Gasteiger partial charge on any atom is 0.417 e. The highest BCUT2D eigenvalue weighted by Gasteiger charge is 2.33. The number of anilines is 1. The number of likely N-dealkylation sites (N-methyl/N-ethyl adjacent to an activating group) is 1.